The molecule has 2 aliphatic rings. The molecule has 0 fully saturated rings. The number of aliphatic carboxylic acids is 1. The van der Waals surface area contributed by atoms with Crippen molar-refractivity contribution in [2.75, 3.05) is 0 Å². The smallest absolute Gasteiger partial charge is 0.327 e. The molecule has 0 saturated carbocycles. The predicted molar refractivity (Wildman–Crippen MR) is 80.2 cm³/mol. The molecular weight excluding hydrogens is 236 g/mol. The Morgan fingerprint density at radius 1 is 0.947 bits per heavy atom. The second-order valence-corrected chi connectivity index (χ2v) is 5.20. The van der Waals surface area contributed by atoms with Crippen LogP contribution >= 0.6 is 0 Å². The van der Waals surface area contributed by atoms with Crippen molar-refractivity contribution in [1.82, 2.24) is 0 Å². The van der Waals surface area contributed by atoms with Gasteiger partial charge in [0.15, 0.2) is 0 Å². The molecule has 0 spiro atoms. The fraction of sp³-hybridized carbons (Fsp3) is 0.588. The average Bonchev–Trinajstić information content (AvgIpc) is 2.83. The highest BCUT2D eigenvalue weighted by molar-refractivity contribution is 5.78. The zero-order valence-corrected chi connectivity index (χ0v) is 11.9. The SMILES string of the molecule is C1=C(C2=CCCCCC2)CCCCC1.C=CC(=O)O. The van der Waals surface area contributed by atoms with Crippen molar-refractivity contribution in [1.29, 1.82) is 0 Å². The van der Waals surface area contributed by atoms with Crippen LogP contribution in [-0.4, -0.2) is 11.1 Å². The number of rotatable bonds is 2. The number of hydrogen-bond donors (Lipinski definition) is 1. The summed E-state index contributed by atoms with van der Waals surface area (Å²) in [6, 6.07) is 0. The minimum atomic E-state index is -0.981. The van der Waals surface area contributed by atoms with Crippen LogP contribution in [0.4, 0.5) is 0 Å². The summed E-state index contributed by atoms with van der Waals surface area (Å²) in [5.74, 6) is -0.981. The van der Waals surface area contributed by atoms with Gasteiger partial charge in [0.05, 0.1) is 0 Å². The maximum absolute atomic E-state index is 9.25. The monoisotopic (exact) mass is 262 g/mol. The lowest BCUT2D eigenvalue weighted by Crippen LogP contribution is -1.89. The molecule has 19 heavy (non-hydrogen) atoms. The van der Waals surface area contributed by atoms with Crippen LogP contribution in [0.2, 0.25) is 0 Å². The van der Waals surface area contributed by atoms with Crippen LogP contribution < -0.4 is 0 Å². The Hall–Kier alpha value is -1.31. The highest BCUT2D eigenvalue weighted by Gasteiger charge is 2.09. The van der Waals surface area contributed by atoms with Crippen molar-refractivity contribution in [3.63, 3.8) is 0 Å². The van der Waals surface area contributed by atoms with E-state index >= 15 is 0 Å². The van der Waals surface area contributed by atoms with Gasteiger partial charge in [0, 0.05) is 6.08 Å². The first-order chi connectivity index (χ1) is 9.24. The quantitative estimate of drug-likeness (QED) is 0.709. The van der Waals surface area contributed by atoms with E-state index in [1.165, 1.54) is 64.2 Å². The van der Waals surface area contributed by atoms with Gasteiger partial charge in [-0.3, -0.25) is 0 Å². The van der Waals surface area contributed by atoms with Gasteiger partial charge >= 0.3 is 5.97 Å². The molecule has 0 saturated heterocycles. The lowest BCUT2D eigenvalue weighted by Gasteiger charge is -2.09. The molecule has 0 aromatic carbocycles. The Kier molecular flexibility index (Phi) is 7.95. The number of allylic oxidation sites excluding steroid dienone is 4. The molecule has 2 nitrogen and oxygen atoms in total. The molecule has 0 bridgehead atoms. The van der Waals surface area contributed by atoms with Crippen LogP contribution in [-0.2, 0) is 4.79 Å². The van der Waals surface area contributed by atoms with Gasteiger partial charge in [-0.2, -0.15) is 0 Å². The van der Waals surface area contributed by atoms with Gasteiger partial charge in [-0.25, -0.2) is 4.79 Å². The standard InChI is InChI=1S/C14H22.C3H4O2/c1-2-6-10-13(9-5-1)14-11-7-3-4-8-12-14;1-2-3(4)5/h9,11H,1-8,10,12H2;2H,1H2,(H,4,5). The first kappa shape index (κ1) is 15.7. The van der Waals surface area contributed by atoms with E-state index in [1.807, 2.05) is 0 Å². The summed E-state index contributed by atoms with van der Waals surface area (Å²) in [5, 5.41) is 7.60. The molecule has 2 heteroatoms. The van der Waals surface area contributed by atoms with Gasteiger partial charge in [-0.15, -0.1) is 0 Å². The summed E-state index contributed by atoms with van der Waals surface area (Å²) in [6.07, 6.45) is 19.8. The van der Waals surface area contributed by atoms with Crippen molar-refractivity contribution in [2.24, 2.45) is 0 Å². The van der Waals surface area contributed by atoms with Crippen LogP contribution in [0, 0.1) is 0 Å². The molecule has 106 valence electrons. The summed E-state index contributed by atoms with van der Waals surface area (Å²) in [5.41, 5.74) is 3.40. The van der Waals surface area contributed by atoms with E-state index in [9.17, 15) is 4.79 Å². The number of carboxylic acids is 1. The summed E-state index contributed by atoms with van der Waals surface area (Å²) in [7, 11) is 0. The summed E-state index contributed by atoms with van der Waals surface area (Å²) < 4.78 is 0. The van der Waals surface area contributed by atoms with Crippen LogP contribution in [0.25, 0.3) is 0 Å². The number of carboxylic acid groups (broad SMARTS) is 1. The van der Waals surface area contributed by atoms with E-state index in [-0.39, 0.29) is 0 Å². The van der Waals surface area contributed by atoms with Crippen molar-refractivity contribution in [3.05, 3.63) is 36.0 Å². The first-order valence-electron chi connectivity index (χ1n) is 7.48. The molecular formula is C17H26O2. The van der Waals surface area contributed by atoms with Gasteiger partial charge in [0.25, 0.3) is 0 Å². The summed E-state index contributed by atoms with van der Waals surface area (Å²) in [4.78, 5) is 9.25. The Balaban J connectivity index is 0.000000312. The minimum Gasteiger partial charge on any atom is -0.478 e. The molecule has 0 aromatic rings. The summed E-state index contributed by atoms with van der Waals surface area (Å²) >= 11 is 0. The van der Waals surface area contributed by atoms with Gasteiger partial charge in [0.1, 0.15) is 0 Å². The normalized spacial score (nSPS) is 19.8. The molecule has 0 unspecified atom stereocenters. The van der Waals surface area contributed by atoms with Crippen molar-refractivity contribution in [2.45, 2.75) is 64.2 Å². The first-order valence-corrected chi connectivity index (χ1v) is 7.48. The van der Waals surface area contributed by atoms with Crippen molar-refractivity contribution >= 4 is 5.97 Å². The molecule has 1 N–H and O–H groups in total. The third-order valence-electron chi connectivity index (χ3n) is 3.67. The largest absolute Gasteiger partial charge is 0.478 e. The Labute approximate surface area is 116 Å². The Morgan fingerprint density at radius 3 is 1.74 bits per heavy atom. The van der Waals surface area contributed by atoms with Crippen LogP contribution in [0.1, 0.15) is 64.2 Å². The van der Waals surface area contributed by atoms with E-state index in [0.717, 1.165) is 6.08 Å². The molecule has 0 atom stereocenters. The van der Waals surface area contributed by atoms with E-state index < -0.39 is 5.97 Å². The third kappa shape index (κ3) is 7.00. The van der Waals surface area contributed by atoms with Crippen LogP contribution in [0.5, 0.6) is 0 Å². The Morgan fingerprint density at radius 2 is 1.37 bits per heavy atom. The van der Waals surface area contributed by atoms with E-state index in [2.05, 4.69) is 18.7 Å². The van der Waals surface area contributed by atoms with E-state index in [4.69, 9.17) is 5.11 Å². The van der Waals surface area contributed by atoms with Gasteiger partial charge in [-0.1, -0.05) is 31.6 Å². The minimum absolute atomic E-state index is 0.833. The second-order valence-electron chi connectivity index (χ2n) is 5.20. The number of carbonyl (C=O) groups is 1. The second kappa shape index (κ2) is 9.60. The van der Waals surface area contributed by atoms with E-state index in [0.29, 0.717) is 0 Å². The highest BCUT2D eigenvalue weighted by Crippen LogP contribution is 2.29. The molecule has 2 aliphatic carbocycles. The highest BCUT2D eigenvalue weighted by atomic mass is 16.4. The zero-order chi connectivity index (χ0) is 13.9. The van der Waals surface area contributed by atoms with Crippen LogP contribution in [0.3, 0.4) is 0 Å². The maximum atomic E-state index is 9.25. The fourth-order valence-corrected chi connectivity index (χ4v) is 2.61. The molecule has 0 amide bonds. The van der Waals surface area contributed by atoms with Crippen molar-refractivity contribution in [3.8, 4) is 0 Å². The van der Waals surface area contributed by atoms with Gasteiger partial charge in [-0.05, 0) is 62.5 Å². The molecule has 0 aromatic heterocycles. The van der Waals surface area contributed by atoms with Gasteiger partial charge in [0.2, 0.25) is 0 Å². The zero-order valence-electron chi connectivity index (χ0n) is 11.9. The lowest BCUT2D eigenvalue weighted by atomic mass is 9.97. The average molecular weight is 262 g/mol. The van der Waals surface area contributed by atoms with Crippen LogP contribution in [0.15, 0.2) is 36.0 Å². The number of hydrogen-bond acceptors (Lipinski definition) is 1. The predicted octanol–water partition coefficient (Wildman–Crippen LogP) is 5.02. The molecule has 2 rings (SSSR count). The maximum Gasteiger partial charge on any atom is 0.327 e. The summed E-state index contributed by atoms with van der Waals surface area (Å²) in [6.45, 7) is 2.96. The third-order valence-corrected chi connectivity index (χ3v) is 3.67. The van der Waals surface area contributed by atoms with E-state index in [1.54, 1.807) is 11.1 Å². The Bertz CT molecular complexity index is 324. The topological polar surface area (TPSA) is 37.3 Å². The molecule has 0 radical (unpaired) electrons. The van der Waals surface area contributed by atoms with Crippen molar-refractivity contribution < 1.29 is 9.90 Å². The molecule has 0 aliphatic heterocycles. The fourth-order valence-electron chi connectivity index (χ4n) is 2.61. The molecule has 0 heterocycles. The van der Waals surface area contributed by atoms with Gasteiger partial charge < -0.3 is 5.11 Å². The lowest BCUT2D eigenvalue weighted by molar-refractivity contribution is -0.131.